The molecule has 4 saturated carbocycles. The average molecular weight is 467 g/mol. The van der Waals surface area contributed by atoms with Crippen molar-refractivity contribution in [3.8, 4) is 0 Å². The van der Waals surface area contributed by atoms with Gasteiger partial charge in [-0.2, -0.15) is 0 Å². The minimum absolute atomic E-state index is 0.0393. The molecule has 0 aromatic carbocycles. The first kappa shape index (κ1) is 22.3. The SMILES string of the molecule is O=C(N1CCC(c2ccncc2)CC1)N1CCC[C@H](NC(=O)C23CC4CC(C2)C(O)C(C4)C3)C1. The van der Waals surface area contributed by atoms with Crippen LogP contribution in [0.1, 0.15) is 69.3 Å². The number of pyridine rings is 1. The first-order valence-electron chi connectivity index (χ1n) is 13.4. The van der Waals surface area contributed by atoms with E-state index in [1.54, 1.807) is 0 Å². The van der Waals surface area contributed by atoms with Crippen molar-refractivity contribution < 1.29 is 14.7 Å². The fourth-order valence-electron chi connectivity index (χ4n) is 8.12. The maximum atomic E-state index is 13.5. The van der Waals surface area contributed by atoms with Crippen LogP contribution in [-0.2, 0) is 4.79 Å². The van der Waals surface area contributed by atoms with E-state index in [1.165, 1.54) is 5.56 Å². The Kier molecular flexibility index (Phi) is 5.79. The van der Waals surface area contributed by atoms with Gasteiger partial charge >= 0.3 is 6.03 Å². The Bertz CT molecular complexity index is 900. The molecular formula is C27H38N4O3. The lowest BCUT2D eigenvalue weighted by Crippen LogP contribution is -2.61. The number of piperidine rings is 2. The van der Waals surface area contributed by atoms with Crippen LogP contribution in [-0.4, -0.2) is 70.2 Å². The van der Waals surface area contributed by atoms with E-state index in [0.29, 0.717) is 30.2 Å². The molecule has 184 valence electrons. The number of amides is 3. The second kappa shape index (κ2) is 8.81. The summed E-state index contributed by atoms with van der Waals surface area (Å²) in [6.07, 6.45) is 12.2. The van der Waals surface area contributed by atoms with Crippen LogP contribution < -0.4 is 5.32 Å². The molecular weight excluding hydrogens is 428 g/mol. The summed E-state index contributed by atoms with van der Waals surface area (Å²) in [6, 6.07) is 4.34. The normalized spacial score (nSPS) is 37.6. The van der Waals surface area contributed by atoms with Gasteiger partial charge in [0, 0.05) is 44.6 Å². The van der Waals surface area contributed by atoms with Crippen LogP contribution in [0, 0.1) is 23.2 Å². The van der Waals surface area contributed by atoms with Crippen molar-refractivity contribution in [2.75, 3.05) is 26.2 Å². The second-order valence-corrected chi connectivity index (χ2v) is 11.8. The van der Waals surface area contributed by atoms with Crippen molar-refractivity contribution in [1.29, 1.82) is 0 Å². The van der Waals surface area contributed by atoms with Crippen molar-refractivity contribution in [2.24, 2.45) is 23.2 Å². The Morgan fingerprint density at radius 1 is 0.971 bits per heavy atom. The van der Waals surface area contributed by atoms with Crippen LogP contribution in [0.2, 0.25) is 0 Å². The number of aromatic nitrogens is 1. The number of aliphatic hydroxyl groups excluding tert-OH is 1. The number of hydrogen-bond donors (Lipinski definition) is 2. The molecule has 34 heavy (non-hydrogen) atoms. The van der Waals surface area contributed by atoms with Crippen LogP contribution in [0.5, 0.6) is 0 Å². The van der Waals surface area contributed by atoms with Crippen molar-refractivity contribution >= 4 is 11.9 Å². The third-order valence-corrected chi connectivity index (χ3v) is 9.68. The molecule has 7 nitrogen and oxygen atoms in total. The fourth-order valence-corrected chi connectivity index (χ4v) is 8.12. The predicted molar refractivity (Wildman–Crippen MR) is 128 cm³/mol. The molecule has 1 aromatic heterocycles. The molecule has 3 amide bonds. The number of carbonyl (C=O) groups is 2. The summed E-state index contributed by atoms with van der Waals surface area (Å²) in [5.74, 6) is 1.90. The van der Waals surface area contributed by atoms with Crippen LogP contribution in [0.25, 0.3) is 0 Å². The fraction of sp³-hybridized carbons (Fsp3) is 0.741. The number of urea groups is 1. The summed E-state index contributed by atoms with van der Waals surface area (Å²) in [4.78, 5) is 34.9. The number of rotatable bonds is 3. The summed E-state index contributed by atoms with van der Waals surface area (Å²) < 4.78 is 0. The molecule has 2 aliphatic heterocycles. The highest BCUT2D eigenvalue weighted by Crippen LogP contribution is 2.60. The van der Waals surface area contributed by atoms with Gasteiger partial charge in [-0.05, 0) is 99.2 Å². The molecule has 0 radical (unpaired) electrons. The maximum absolute atomic E-state index is 13.5. The Morgan fingerprint density at radius 3 is 2.38 bits per heavy atom. The highest BCUT2D eigenvalue weighted by molar-refractivity contribution is 5.83. The molecule has 7 rings (SSSR count). The van der Waals surface area contributed by atoms with Gasteiger partial charge in [0.25, 0.3) is 0 Å². The molecule has 4 aliphatic carbocycles. The molecule has 0 spiro atoms. The molecule has 2 unspecified atom stereocenters. The highest BCUT2D eigenvalue weighted by atomic mass is 16.3. The summed E-state index contributed by atoms with van der Waals surface area (Å²) in [7, 11) is 0. The zero-order valence-electron chi connectivity index (χ0n) is 20.1. The lowest BCUT2D eigenvalue weighted by Gasteiger charge is -2.58. The monoisotopic (exact) mass is 466 g/mol. The lowest BCUT2D eigenvalue weighted by atomic mass is 9.48. The minimum atomic E-state index is -0.281. The van der Waals surface area contributed by atoms with E-state index in [0.717, 1.165) is 77.4 Å². The van der Waals surface area contributed by atoms with E-state index < -0.39 is 0 Å². The summed E-state index contributed by atoms with van der Waals surface area (Å²) in [6.45, 7) is 2.97. The molecule has 1 aromatic rings. The van der Waals surface area contributed by atoms with Crippen LogP contribution >= 0.6 is 0 Å². The van der Waals surface area contributed by atoms with Gasteiger partial charge < -0.3 is 20.2 Å². The molecule has 2 saturated heterocycles. The molecule has 6 aliphatic rings. The largest absolute Gasteiger partial charge is 0.393 e. The van der Waals surface area contributed by atoms with Gasteiger partial charge in [0.1, 0.15) is 0 Å². The van der Waals surface area contributed by atoms with Crippen molar-refractivity contribution in [3.05, 3.63) is 30.1 Å². The predicted octanol–water partition coefficient (Wildman–Crippen LogP) is 3.15. The van der Waals surface area contributed by atoms with Gasteiger partial charge in [-0.15, -0.1) is 0 Å². The van der Waals surface area contributed by atoms with Gasteiger partial charge in [0.15, 0.2) is 0 Å². The van der Waals surface area contributed by atoms with E-state index >= 15 is 0 Å². The zero-order valence-corrected chi connectivity index (χ0v) is 20.1. The van der Waals surface area contributed by atoms with Gasteiger partial charge in [-0.3, -0.25) is 9.78 Å². The Balaban J connectivity index is 1.04. The number of carbonyl (C=O) groups excluding carboxylic acids is 2. The van der Waals surface area contributed by atoms with Gasteiger partial charge in [-0.1, -0.05) is 0 Å². The van der Waals surface area contributed by atoms with E-state index in [9.17, 15) is 14.7 Å². The van der Waals surface area contributed by atoms with E-state index in [1.807, 2.05) is 22.2 Å². The Labute approximate surface area is 202 Å². The van der Waals surface area contributed by atoms with Crippen molar-refractivity contribution in [1.82, 2.24) is 20.1 Å². The number of nitrogens with one attached hydrogen (secondary N) is 1. The average Bonchev–Trinajstić information content (AvgIpc) is 2.87. The molecule has 4 bridgehead atoms. The second-order valence-electron chi connectivity index (χ2n) is 11.8. The van der Waals surface area contributed by atoms with Crippen molar-refractivity contribution in [2.45, 2.75) is 75.9 Å². The van der Waals surface area contributed by atoms with E-state index in [4.69, 9.17) is 0 Å². The molecule has 2 N–H and O–H groups in total. The standard InChI is InChI=1S/C27H38N4O3/c32-24-21-12-18-13-22(24)16-27(14-18,15-21)25(33)29-23-2-1-9-31(17-23)26(34)30-10-5-20(6-11-30)19-3-7-28-8-4-19/h3-4,7-8,18,20-24,32H,1-2,5-6,9-17H2,(H,29,33)/t18?,21?,22?,23-,24?,27?/m0/s1. The topological polar surface area (TPSA) is 85.8 Å². The van der Waals surface area contributed by atoms with E-state index in [-0.39, 0.29) is 29.5 Å². The molecule has 6 fully saturated rings. The van der Waals surface area contributed by atoms with E-state index in [2.05, 4.69) is 22.4 Å². The quantitative estimate of drug-likeness (QED) is 0.717. The molecule has 3 atom stereocenters. The minimum Gasteiger partial charge on any atom is -0.393 e. The van der Waals surface area contributed by atoms with Gasteiger partial charge in [0.05, 0.1) is 11.5 Å². The number of aliphatic hydroxyl groups is 1. The summed E-state index contributed by atoms with van der Waals surface area (Å²) >= 11 is 0. The van der Waals surface area contributed by atoms with Gasteiger partial charge in [-0.25, -0.2) is 4.79 Å². The Hall–Kier alpha value is -2.15. The first-order chi connectivity index (χ1) is 16.5. The van der Waals surface area contributed by atoms with Crippen LogP contribution in [0.4, 0.5) is 4.79 Å². The zero-order chi connectivity index (χ0) is 23.3. The van der Waals surface area contributed by atoms with Crippen LogP contribution in [0.15, 0.2) is 24.5 Å². The van der Waals surface area contributed by atoms with Crippen LogP contribution in [0.3, 0.4) is 0 Å². The van der Waals surface area contributed by atoms with Crippen molar-refractivity contribution in [3.63, 3.8) is 0 Å². The third-order valence-electron chi connectivity index (χ3n) is 9.68. The number of nitrogens with zero attached hydrogens (tertiary/aromatic N) is 3. The molecule has 3 heterocycles. The Morgan fingerprint density at radius 2 is 1.68 bits per heavy atom. The summed E-state index contributed by atoms with van der Waals surface area (Å²) in [5.41, 5.74) is 1.04. The smallest absolute Gasteiger partial charge is 0.320 e. The highest BCUT2D eigenvalue weighted by Gasteiger charge is 2.58. The molecule has 7 heteroatoms. The number of hydrogen-bond acceptors (Lipinski definition) is 4. The van der Waals surface area contributed by atoms with Gasteiger partial charge in [0.2, 0.25) is 5.91 Å². The first-order valence-corrected chi connectivity index (χ1v) is 13.4. The maximum Gasteiger partial charge on any atom is 0.320 e. The number of likely N-dealkylation sites (tertiary alicyclic amines) is 2. The summed E-state index contributed by atoms with van der Waals surface area (Å²) in [5, 5.41) is 13.9. The lowest BCUT2D eigenvalue weighted by molar-refractivity contribution is -0.163. The third kappa shape index (κ3) is 4.00.